The fraction of sp³-hybridized carbons (Fsp3) is 0.0455. The highest BCUT2D eigenvalue weighted by atomic mass is 32.2. The molecule has 8 heteroatoms. The van der Waals surface area contributed by atoms with Crippen molar-refractivity contribution < 1.29 is 4.79 Å². The second-order valence-electron chi connectivity index (χ2n) is 6.56. The summed E-state index contributed by atoms with van der Waals surface area (Å²) in [6.07, 6.45) is 3.40. The molecule has 5 aromatic rings. The fourth-order valence-electron chi connectivity index (χ4n) is 3.19. The number of hydrogen-bond donors (Lipinski definition) is 1. The molecule has 0 fully saturated rings. The maximum Gasteiger partial charge on any atom is 0.234 e. The topological polar surface area (TPSA) is 85.1 Å². The number of amides is 1. The quantitative estimate of drug-likeness (QED) is 0.438. The Kier molecular flexibility index (Phi) is 4.82. The van der Waals surface area contributed by atoms with Gasteiger partial charge in [-0.2, -0.15) is 9.61 Å². The molecule has 0 aliphatic carbocycles. The van der Waals surface area contributed by atoms with Crippen molar-refractivity contribution in [2.75, 3.05) is 11.1 Å². The first kappa shape index (κ1) is 18.3. The predicted molar refractivity (Wildman–Crippen MR) is 117 cm³/mol. The first-order valence-corrected chi connectivity index (χ1v) is 10.3. The number of hydrogen-bond acceptors (Lipinski definition) is 6. The second kappa shape index (κ2) is 7.92. The zero-order valence-electron chi connectivity index (χ0n) is 15.8. The lowest BCUT2D eigenvalue weighted by atomic mass is 10.1. The summed E-state index contributed by atoms with van der Waals surface area (Å²) in [7, 11) is 0. The zero-order chi connectivity index (χ0) is 20.3. The lowest BCUT2D eigenvalue weighted by molar-refractivity contribution is -0.113. The number of carbonyl (C=O) groups is 1. The molecule has 0 atom stereocenters. The zero-order valence-corrected chi connectivity index (χ0v) is 16.6. The number of nitrogens with zero attached hydrogens (tertiary/aromatic N) is 5. The molecule has 0 unspecified atom stereocenters. The van der Waals surface area contributed by atoms with E-state index in [1.165, 1.54) is 11.8 Å². The number of anilines is 1. The van der Waals surface area contributed by atoms with Crippen LogP contribution in [0.15, 0.2) is 84.1 Å². The van der Waals surface area contributed by atoms with E-state index in [2.05, 4.69) is 25.6 Å². The molecule has 1 N–H and O–H groups in total. The van der Waals surface area contributed by atoms with E-state index in [1.807, 2.05) is 66.7 Å². The molecule has 2 aromatic carbocycles. The molecule has 7 nitrogen and oxygen atoms in total. The Morgan fingerprint density at radius 1 is 0.933 bits per heavy atom. The SMILES string of the molecule is O=C(CSc1ccc2nnc(-c3ccncc3)n2n1)Nc1cccc2ccccc12. The molecule has 0 aliphatic heterocycles. The first-order valence-electron chi connectivity index (χ1n) is 9.31. The van der Waals surface area contributed by atoms with Crippen molar-refractivity contribution >= 4 is 39.8 Å². The summed E-state index contributed by atoms with van der Waals surface area (Å²) in [5, 5.41) is 18.8. The number of fused-ring (bicyclic) bond motifs is 2. The minimum absolute atomic E-state index is 0.0867. The number of rotatable bonds is 5. The van der Waals surface area contributed by atoms with Crippen LogP contribution in [-0.4, -0.2) is 36.5 Å². The van der Waals surface area contributed by atoms with Crippen molar-refractivity contribution in [3.05, 3.63) is 79.1 Å². The smallest absolute Gasteiger partial charge is 0.234 e. The third kappa shape index (κ3) is 3.60. The highest BCUT2D eigenvalue weighted by Crippen LogP contribution is 2.24. The van der Waals surface area contributed by atoms with Crippen molar-refractivity contribution in [2.45, 2.75) is 5.03 Å². The standard InChI is InChI=1S/C22H16N6OS/c29-20(24-18-7-3-5-15-4-1-2-6-17(15)18)14-30-21-9-8-19-25-26-22(28(19)27-21)16-10-12-23-13-11-16/h1-13H,14H2,(H,24,29). The average molecular weight is 412 g/mol. The summed E-state index contributed by atoms with van der Waals surface area (Å²) in [4.78, 5) is 16.6. The van der Waals surface area contributed by atoms with E-state index in [0.717, 1.165) is 22.0 Å². The van der Waals surface area contributed by atoms with E-state index in [-0.39, 0.29) is 11.7 Å². The number of thioether (sulfide) groups is 1. The number of pyridine rings is 1. The molecule has 1 amide bonds. The molecule has 3 aromatic heterocycles. The van der Waals surface area contributed by atoms with E-state index < -0.39 is 0 Å². The van der Waals surface area contributed by atoms with Crippen LogP contribution in [0.5, 0.6) is 0 Å². The van der Waals surface area contributed by atoms with Crippen LogP contribution < -0.4 is 5.32 Å². The van der Waals surface area contributed by atoms with Gasteiger partial charge in [0.1, 0.15) is 5.03 Å². The largest absolute Gasteiger partial charge is 0.325 e. The van der Waals surface area contributed by atoms with Gasteiger partial charge in [-0.15, -0.1) is 10.2 Å². The third-order valence-electron chi connectivity index (χ3n) is 4.59. The monoisotopic (exact) mass is 412 g/mol. The number of benzene rings is 2. The van der Waals surface area contributed by atoms with Gasteiger partial charge in [-0.25, -0.2) is 0 Å². The summed E-state index contributed by atoms with van der Waals surface area (Å²) >= 11 is 1.36. The summed E-state index contributed by atoms with van der Waals surface area (Å²) < 4.78 is 1.68. The van der Waals surface area contributed by atoms with Gasteiger partial charge in [-0.3, -0.25) is 9.78 Å². The molecular formula is C22H16N6OS. The van der Waals surface area contributed by atoms with Crippen molar-refractivity contribution in [3.8, 4) is 11.4 Å². The summed E-state index contributed by atoms with van der Waals surface area (Å²) in [5.41, 5.74) is 2.33. The van der Waals surface area contributed by atoms with Gasteiger partial charge in [0.25, 0.3) is 0 Å². The van der Waals surface area contributed by atoms with Crippen LogP contribution in [0.3, 0.4) is 0 Å². The predicted octanol–water partition coefficient (Wildman–Crippen LogP) is 4.07. The molecule has 3 heterocycles. The van der Waals surface area contributed by atoms with E-state index >= 15 is 0 Å². The van der Waals surface area contributed by atoms with Crippen LogP contribution in [0.25, 0.3) is 27.8 Å². The van der Waals surface area contributed by atoms with Gasteiger partial charge in [0.2, 0.25) is 5.91 Å². The number of carbonyl (C=O) groups excluding carboxylic acids is 1. The van der Waals surface area contributed by atoms with Gasteiger partial charge in [0.15, 0.2) is 11.5 Å². The van der Waals surface area contributed by atoms with E-state index in [1.54, 1.807) is 16.9 Å². The molecule has 0 saturated carbocycles. The van der Waals surface area contributed by atoms with Crippen molar-refractivity contribution in [3.63, 3.8) is 0 Å². The highest BCUT2D eigenvalue weighted by Gasteiger charge is 2.12. The van der Waals surface area contributed by atoms with Crippen LogP contribution in [0.2, 0.25) is 0 Å². The van der Waals surface area contributed by atoms with Gasteiger partial charge in [-0.1, -0.05) is 48.2 Å². The number of aromatic nitrogens is 5. The third-order valence-corrected chi connectivity index (χ3v) is 5.51. The van der Waals surface area contributed by atoms with Gasteiger partial charge >= 0.3 is 0 Å². The minimum Gasteiger partial charge on any atom is -0.325 e. The summed E-state index contributed by atoms with van der Waals surface area (Å²) in [6, 6.07) is 21.2. The number of nitrogens with one attached hydrogen (secondary N) is 1. The van der Waals surface area contributed by atoms with E-state index in [9.17, 15) is 4.79 Å². The lowest BCUT2D eigenvalue weighted by Gasteiger charge is -2.08. The van der Waals surface area contributed by atoms with E-state index in [4.69, 9.17) is 0 Å². The van der Waals surface area contributed by atoms with Crippen molar-refractivity contribution in [1.29, 1.82) is 0 Å². The van der Waals surface area contributed by atoms with Crippen molar-refractivity contribution in [2.24, 2.45) is 0 Å². The Morgan fingerprint density at radius 2 is 1.77 bits per heavy atom. The second-order valence-corrected chi connectivity index (χ2v) is 7.56. The Balaban J connectivity index is 1.33. The Hall–Kier alpha value is -3.78. The molecular weight excluding hydrogens is 396 g/mol. The normalized spacial score (nSPS) is 11.1. The van der Waals surface area contributed by atoms with Crippen LogP contribution in [0.4, 0.5) is 5.69 Å². The molecule has 30 heavy (non-hydrogen) atoms. The average Bonchev–Trinajstić information content (AvgIpc) is 3.22. The molecule has 0 bridgehead atoms. The molecule has 5 rings (SSSR count). The van der Waals surface area contributed by atoms with Crippen molar-refractivity contribution in [1.82, 2.24) is 24.8 Å². The maximum atomic E-state index is 12.5. The van der Waals surface area contributed by atoms with Crippen LogP contribution >= 0.6 is 11.8 Å². The molecule has 0 saturated heterocycles. The molecule has 0 aliphatic rings. The van der Waals surface area contributed by atoms with E-state index in [0.29, 0.717) is 16.5 Å². The Bertz CT molecular complexity index is 1350. The Morgan fingerprint density at radius 3 is 2.67 bits per heavy atom. The fourth-order valence-corrected chi connectivity index (χ4v) is 3.85. The lowest BCUT2D eigenvalue weighted by Crippen LogP contribution is -2.14. The maximum absolute atomic E-state index is 12.5. The van der Waals surface area contributed by atoms with Gasteiger partial charge in [0.05, 0.1) is 5.75 Å². The van der Waals surface area contributed by atoms with Crippen LogP contribution in [0.1, 0.15) is 0 Å². The van der Waals surface area contributed by atoms with Crippen LogP contribution in [0, 0.1) is 0 Å². The highest BCUT2D eigenvalue weighted by molar-refractivity contribution is 7.99. The molecule has 146 valence electrons. The van der Waals surface area contributed by atoms with Gasteiger partial charge in [-0.05, 0) is 35.7 Å². The van der Waals surface area contributed by atoms with Gasteiger partial charge < -0.3 is 5.32 Å². The minimum atomic E-state index is -0.0867. The first-order chi connectivity index (χ1) is 14.8. The molecule has 0 spiro atoms. The summed E-state index contributed by atoms with van der Waals surface area (Å²) in [5.74, 6) is 0.792. The molecule has 0 radical (unpaired) electrons. The Labute approximate surface area is 176 Å². The van der Waals surface area contributed by atoms with Gasteiger partial charge in [0, 0.05) is 29.0 Å². The summed E-state index contributed by atoms with van der Waals surface area (Å²) in [6.45, 7) is 0. The van der Waals surface area contributed by atoms with Crippen LogP contribution in [-0.2, 0) is 4.79 Å².